The van der Waals surface area contributed by atoms with Crippen LogP contribution in [0.15, 0.2) is 42.5 Å². The molecule has 6 heteroatoms. The Kier molecular flexibility index (Phi) is 5.77. The third kappa shape index (κ3) is 4.44. The molecule has 2 N–H and O–H groups in total. The first kappa shape index (κ1) is 16.7. The van der Waals surface area contributed by atoms with Crippen molar-refractivity contribution >= 4 is 34.8 Å². The average Bonchev–Trinajstić information content (AvgIpc) is 2.49. The van der Waals surface area contributed by atoms with Crippen LogP contribution in [-0.2, 0) is 4.79 Å². The van der Waals surface area contributed by atoms with E-state index in [1.54, 1.807) is 6.07 Å². The molecular formula is C16H15Cl2FN2O. The van der Waals surface area contributed by atoms with Crippen LogP contribution < -0.4 is 10.6 Å². The minimum absolute atomic E-state index is 0.0261. The third-order valence-corrected chi connectivity index (χ3v) is 3.72. The van der Waals surface area contributed by atoms with Crippen molar-refractivity contribution in [2.45, 2.75) is 13.0 Å². The molecule has 1 atom stereocenters. The summed E-state index contributed by atoms with van der Waals surface area (Å²) in [4.78, 5) is 11.9. The van der Waals surface area contributed by atoms with Crippen LogP contribution in [-0.4, -0.2) is 12.5 Å². The van der Waals surface area contributed by atoms with E-state index in [2.05, 4.69) is 10.6 Å². The van der Waals surface area contributed by atoms with Crippen LogP contribution in [0, 0.1) is 5.82 Å². The molecule has 3 nitrogen and oxygen atoms in total. The summed E-state index contributed by atoms with van der Waals surface area (Å²) in [5.41, 5.74) is 0.954. The first-order valence-electron chi connectivity index (χ1n) is 6.70. The summed E-state index contributed by atoms with van der Waals surface area (Å²) in [6.45, 7) is 1.92. The predicted octanol–water partition coefficient (Wildman–Crippen LogP) is 4.42. The maximum Gasteiger partial charge on any atom is 0.238 e. The molecule has 2 aromatic rings. The number of amides is 1. The monoisotopic (exact) mass is 340 g/mol. The van der Waals surface area contributed by atoms with E-state index in [9.17, 15) is 9.18 Å². The van der Waals surface area contributed by atoms with Crippen molar-refractivity contribution < 1.29 is 9.18 Å². The highest BCUT2D eigenvalue weighted by Gasteiger charge is 2.12. The Bertz CT molecular complexity index is 679. The smallest absolute Gasteiger partial charge is 0.238 e. The summed E-state index contributed by atoms with van der Waals surface area (Å²) < 4.78 is 13.5. The van der Waals surface area contributed by atoms with Crippen molar-refractivity contribution in [1.82, 2.24) is 5.32 Å². The Morgan fingerprint density at radius 3 is 2.68 bits per heavy atom. The Hall–Kier alpha value is -1.62. The summed E-state index contributed by atoms with van der Waals surface area (Å²) in [5, 5.41) is 6.50. The highest BCUT2D eigenvalue weighted by Crippen LogP contribution is 2.22. The lowest BCUT2D eigenvalue weighted by atomic mass is 10.1. The number of carbonyl (C=O) groups excluding carboxylic acids is 1. The molecule has 0 unspecified atom stereocenters. The fourth-order valence-electron chi connectivity index (χ4n) is 1.97. The standard InChI is InChI=1S/C16H15Cl2FN2O/c1-10(12-4-2-3-5-13(12)18)20-9-16(22)21-15-8-11(17)6-7-14(15)19/h2-8,10,20H,9H2,1H3,(H,21,22)/t10-/m0/s1. The molecule has 0 heterocycles. The van der Waals surface area contributed by atoms with Crippen LogP contribution >= 0.6 is 23.2 Å². The van der Waals surface area contributed by atoms with E-state index in [1.807, 2.05) is 25.1 Å². The van der Waals surface area contributed by atoms with E-state index in [0.29, 0.717) is 10.0 Å². The maximum atomic E-state index is 13.5. The van der Waals surface area contributed by atoms with E-state index in [0.717, 1.165) is 5.56 Å². The minimum Gasteiger partial charge on any atom is -0.322 e. The number of halogens is 3. The molecule has 0 saturated carbocycles. The van der Waals surface area contributed by atoms with Gasteiger partial charge in [0.15, 0.2) is 0 Å². The van der Waals surface area contributed by atoms with E-state index in [4.69, 9.17) is 23.2 Å². The number of rotatable bonds is 5. The van der Waals surface area contributed by atoms with Gasteiger partial charge in [-0.25, -0.2) is 4.39 Å². The molecule has 22 heavy (non-hydrogen) atoms. The lowest BCUT2D eigenvalue weighted by molar-refractivity contribution is -0.115. The van der Waals surface area contributed by atoms with E-state index in [-0.39, 0.29) is 24.2 Å². The molecule has 0 bridgehead atoms. The molecule has 1 amide bonds. The quantitative estimate of drug-likeness (QED) is 0.845. The molecule has 0 aliphatic heterocycles. The zero-order chi connectivity index (χ0) is 16.1. The summed E-state index contributed by atoms with van der Waals surface area (Å²) in [5.74, 6) is -0.892. The van der Waals surface area contributed by atoms with Crippen LogP contribution in [0.5, 0.6) is 0 Å². The van der Waals surface area contributed by atoms with Crippen molar-refractivity contribution in [2.24, 2.45) is 0 Å². The first-order chi connectivity index (χ1) is 10.5. The second-order valence-corrected chi connectivity index (χ2v) is 5.64. The van der Waals surface area contributed by atoms with Crippen molar-refractivity contribution in [3.8, 4) is 0 Å². The van der Waals surface area contributed by atoms with Gasteiger partial charge in [-0.15, -0.1) is 0 Å². The van der Waals surface area contributed by atoms with E-state index in [1.165, 1.54) is 18.2 Å². The van der Waals surface area contributed by atoms with Crippen LogP contribution in [0.3, 0.4) is 0 Å². The molecule has 116 valence electrons. The van der Waals surface area contributed by atoms with Crippen LogP contribution in [0.1, 0.15) is 18.5 Å². The highest BCUT2D eigenvalue weighted by atomic mass is 35.5. The van der Waals surface area contributed by atoms with Gasteiger partial charge >= 0.3 is 0 Å². The zero-order valence-electron chi connectivity index (χ0n) is 11.9. The fraction of sp³-hybridized carbons (Fsp3) is 0.188. The van der Waals surface area contributed by atoms with Gasteiger partial charge in [-0.2, -0.15) is 0 Å². The lowest BCUT2D eigenvalue weighted by Gasteiger charge is -2.15. The summed E-state index contributed by atoms with van der Waals surface area (Å²) in [6.07, 6.45) is 0. The zero-order valence-corrected chi connectivity index (χ0v) is 13.4. The molecule has 2 aromatic carbocycles. The van der Waals surface area contributed by atoms with E-state index < -0.39 is 5.82 Å². The number of benzene rings is 2. The van der Waals surface area contributed by atoms with Gasteiger partial charge in [0.1, 0.15) is 5.82 Å². The topological polar surface area (TPSA) is 41.1 Å². The average molecular weight is 341 g/mol. The van der Waals surface area contributed by atoms with Crippen molar-refractivity contribution in [1.29, 1.82) is 0 Å². The molecule has 0 radical (unpaired) electrons. The largest absolute Gasteiger partial charge is 0.322 e. The third-order valence-electron chi connectivity index (χ3n) is 3.14. The Labute approximate surface area is 138 Å². The maximum absolute atomic E-state index is 13.5. The van der Waals surface area contributed by atoms with Gasteiger partial charge in [0.25, 0.3) is 0 Å². The number of nitrogens with one attached hydrogen (secondary N) is 2. The van der Waals surface area contributed by atoms with Gasteiger partial charge < -0.3 is 10.6 Å². The summed E-state index contributed by atoms with van der Waals surface area (Å²) in [7, 11) is 0. The molecule has 0 aliphatic carbocycles. The van der Waals surface area contributed by atoms with E-state index >= 15 is 0 Å². The minimum atomic E-state index is -0.531. The fourth-order valence-corrected chi connectivity index (χ4v) is 2.44. The summed E-state index contributed by atoms with van der Waals surface area (Å²) in [6, 6.07) is 11.3. The molecule has 0 aromatic heterocycles. The lowest BCUT2D eigenvalue weighted by Crippen LogP contribution is -2.30. The van der Waals surface area contributed by atoms with Crippen LogP contribution in [0.25, 0.3) is 0 Å². The molecule has 0 saturated heterocycles. The second-order valence-electron chi connectivity index (χ2n) is 4.80. The Morgan fingerprint density at radius 1 is 1.23 bits per heavy atom. The molecular weight excluding hydrogens is 326 g/mol. The van der Waals surface area contributed by atoms with Crippen LogP contribution in [0.4, 0.5) is 10.1 Å². The first-order valence-corrected chi connectivity index (χ1v) is 7.45. The number of carbonyl (C=O) groups is 1. The molecule has 0 spiro atoms. The van der Waals surface area contributed by atoms with Gasteiger partial charge in [0, 0.05) is 16.1 Å². The highest BCUT2D eigenvalue weighted by molar-refractivity contribution is 6.31. The Balaban J connectivity index is 1.93. The van der Waals surface area contributed by atoms with Crippen molar-refractivity contribution in [3.63, 3.8) is 0 Å². The number of hydrogen-bond donors (Lipinski definition) is 2. The molecule has 0 fully saturated rings. The SMILES string of the molecule is C[C@H](NCC(=O)Nc1cc(Cl)ccc1F)c1ccccc1Cl. The van der Waals surface area contributed by atoms with Gasteiger partial charge in [0.05, 0.1) is 12.2 Å². The van der Waals surface area contributed by atoms with Gasteiger partial charge in [0.2, 0.25) is 5.91 Å². The van der Waals surface area contributed by atoms with Gasteiger partial charge in [-0.1, -0.05) is 41.4 Å². The van der Waals surface area contributed by atoms with Crippen molar-refractivity contribution in [2.75, 3.05) is 11.9 Å². The summed E-state index contributed by atoms with van der Waals surface area (Å²) >= 11 is 11.9. The second kappa shape index (κ2) is 7.58. The Morgan fingerprint density at radius 2 is 1.95 bits per heavy atom. The van der Waals surface area contributed by atoms with Crippen LogP contribution in [0.2, 0.25) is 10.0 Å². The van der Waals surface area contributed by atoms with Crippen molar-refractivity contribution in [3.05, 3.63) is 63.9 Å². The predicted molar refractivity (Wildman–Crippen MR) is 87.9 cm³/mol. The molecule has 2 rings (SSSR count). The molecule has 0 aliphatic rings. The normalized spacial score (nSPS) is 12.0. The number of anilines is 1. The van der Waals surface area contributed by atoms with Gasteiger partial charge in [-0.3, -0.25) is 4.79 Å². The number of hydrogen-bond acceptors (Lipinski definition) is 2. The van der Waals surface area contributed by atoms with Gasteiger partial charge in [-0.05, 0) is 36.8 Å².